The van der Waals surface area contributed by atoms with Crippen molar-refractivity contribution in [2.24, 2.45) is 0 Å². The van der Waals surface area contributed by atoms with Crippen LogP contribution in [0.3, 0.4) is 0 Å². The molecule has 0 heterocycles. The fraction of sp³-hybridized carbons (Fsp3) is 0.610. The van der Waals surface area contributed by atoms with Crippen LogP contribution in [0.4, 0.5) is 0 Å². The van der Waals surface area contributed by atoms with Gasteiger partial charge in [0, 0.05) is 19.3 Å². The molecule has 65 heavy (non-hydrogen) atoms. The Balaban J connectivity index is 4.55. The molecule has 0 rings (SSSR count). The molecule has 0 bridgehead atoms. The van der Waals surface area contributed by atoms with Gasteiger partial charge >= 0.3 is 17.9 Å². The molecule has 0 aliphatic heterocycles. The van der Waals surface area contributed by atoms with E-state index in [1.54, 1.807) is 0 Å². The van der Waals surface area contributed by atoms with E-state index in [0.717, 1.165) is 141 Å². The number of hydrogen-bond donors (Lipinski definition) is 0. The maximum absolute atomic E-state index is 12.8. The highest BCUT2D eigenvalue weighted by atomic mass is 16.6. The lowest BCUT2D eigenvalue weighted by molar-refractivity contribution is -0.167. The topological polar surface area (TPSA) is 78.9 Å². The highest BCUT2D eigenvalue weighted by Gasteiger charge is 2.19. The maximum Gasteiger partial charge on any atom is 0.306 e. The van der Waals surface area contributed by atoms with Gasteiger partial charge in [0.25, 0.3) is 0 Å². The van der Waals surface area contributed by atoms with Crippen molar-refractivity contribution in [3.05, 3.63) is 122 Å². The van der Waals surface area contributed by atoms with Gasteiger partial charge in [-0.1, -0.05) is 194 Å². The SMILES string of the molecule is CC/C=C/C/C=C/C/C=C/C/C=C/C/C=C/CCCC(=O)OC[C@@H](COC(=O)CCCCCCC/C=C/C/C=C/CCCCC)OC(=O)CCCCCCC/C=C/C/C=C/C/C=C/CC. The van der Waals surface area contributed by atoms with Crippen LogP contribution in [0.2, 0.25) is 0 Å². The van der Waals surface area contributed by atoms with E-state index in [-0.39, 0.29) is 44.0 Å². The second-order valence-corrected chi connectivity index (χ2v) is 16.7. The number of carbonyl (C=O) groups excluding carboxylic acids is 3. The molecule has 0 saturated carbocycles. The summed E-state index contributed by atoms with van der Waals surface area (Å²) in [6.45, 7) is 6.29. The van der Waals surface area contributed by atoms with Crippen LogP contribution in [0.25, 0.3) is 0 Å². The van der Waals surface area contributed by atoms with Gasteiger partial charge in [0.05, 0.1) is 0 Å². The van der Waals surface area contributed by atoms with E-state index in [1.807, 2.05) is 0 Å². The minimum absolute atomic E-state index is 0.114. The van der Waals surface area contributed by atoms with E-state index in [1.165, 1.54) is 25.7 Å². The zero-order chi connectivity index (χ0) is 47.2. The van der Waals surface area contributed by atoms with Gasteiger partial charge < -0.3 is 14.2 Å². The average molecular weight is 899 g/mol. The van der Waals surface area contributed by atoms with Gasteiger partial charge in [-0.2, -0.15) is 0 Å². The van der Waals surface area contributed by atoms with Crippen molar-refractivity contribution in [1.29, 1.82) is 0 Å². The van der Waals surface area contributed by atoms with E-state index in [9.17, 15) is 14.4 Å². The Hall–Kier alpha value is -4.19. The molecule has 6 heteroatoms. The van der Waals surface area contributed by atoms with Crippen molar-refractivity contribution in [1.82, 2.24) is 0 Å². The monoisotopic (exact) mass is 899 g/mol. The third kappa shape index (κ3) is 50.7. The first-order valence-electron chi connectivity index (χ1n) is 26.0. The first-order valence-corrected chi connectivity index (χ1v) is 26.0. The smallest absolute Gasteiger partial charge is 0.306 e. The standard InChI is InChI=1S/C59H94O6/c1-4-7-10-13-16-19-22-25-28-29-32-34-37-40-43-46-49-52-58(61)64-55-56(65-59(62)53-50-47-44-41-38-35-31-27-24-21-18-15-12-9-6-3)54-63-57(60)51-48-45-42-39-36-33-30-26-23-20-17-14-11-8-5-2/h7,9-10,12,16-21,25-28,30-32,34,40,43,56H,4-6,8,11,13-15,22-24,29,33,35-39,41-42,44-55H2,1-3H3/b10-7+,12-9+,19-16+,20-17+,21-18+,28-25+,30-26+,31-27+,34-32+,43-40+/t56-/m1/s1. The summed E-state index contributed by atoms with van der Waals surface area (Å²) < 4.78 is 16.7. The maximum atomic E-state index is 12.8. The van der Waals surface area contributed by atoms with Crippen LogP contribution in [0.5, 0.6) is 0 Å². The van der Waals surface area contributed by atoms with Crippen LogP contribution >= 0.6 is 0 Å². The molecule has 0 N–H and O–H groups in total. The zero-order valence-corrected chi connectivity index (χ0v) is 41.7. The van der Waals surface area contributed by atoms with Gasteiger partial charge in [0.15, 0.2) is 6.10 Å². The van der Waals surface area contributed by atoms with Crippen LogP contribution in [0.15, 0.2) is 122 Å². The number of esters is 3. The normalized spacial score (nSPS) is 13.1. The van der Waals surface area contributed by atoms with E-state index in [4.69, 9.17) is 14.2 Å². The van der Waals surface area contributed by atoms with Gasteiger partial charge in [-0.25, -0.2) is 0 Å². The fourth-order valence-corrected chi connectivity index (χ4v) is 6.58. The number of hydrogen-bond acceptors (Lipinski definition) is 6. The Morgan fingerprint density at radius 3 is 1.00 bits per heavy atom. The van der Waals surface area contributed by atoms with Crippen molar-refractivity contribution in [2.45, 2.75) is 219 Å². The predicted octanol–water partition coefficient (Wildman–Crippen LogP) is 17.3. The van der Waals surface area contributed by atoms with Crippen LogP contribution in [-0.4, -0.2) is 37.2 Å². The van der Waals surface area contributed by atoms with Gasteiger partial charge in [-0.3, -0.25) is 14.4 Å². The molecular weight excluding hydrogens is 805 g/mol. The molecule has 0 spiro atoms. The number of unbranched alkanes of at least 4 members (excludes halogenated alkanes) is 14. The summed E-state index contributed by atoms with van der Waals surface area (Å²) in [5.41, 5.74) is 0. The Kier molecular flexibility index (Phi) is 49.1. The molecule has 0 aromatic heterocycles. The van der Waals surface area contributed by atoms with Gasteiger partial charge in [0.2, 0.25) is 0 Å². The molecule has 1 atom stereocenters. The first kappa shape index (κ1) is 60.8. The number of carbonyl (C=O) groups is 3. The van der Waals surface area contributed by atoms with E-state index >= 15 is 0 Å². The Morgan fingerprint density at radius 2 is 0.615 bits per heavy atom. The second kappa shape index (κ2) is 52.4. The molecule has 0 aliphatic rings. The molecule has 0 saturated heterocycles. The quantitative estimate of drug-likeness (QED) is 0.0262. The number of allylic oxidation sites excluding steroid dienone is 20. The minimum atomic E-state index is -0.819. The lowest BCUT2D eigenvalue weighted by Gasteiger charge is -2.18. The molecule has 366 valence electrons. The summed E-state index contributed by atoms with van der Waals surface area (Å²) in [4.78, 5) is 38.0. The lowest BCUT2D eigenvalue weighted by atomic mass is 10.1. The minimum Gasteiger partial charge on any atom is -0.462 e. The average Bonchev–Trinajstić information content (AvgIpc) is 3.30. The number of ether oxygens (including phenoxy) is 3. The summed E-state index contributed by atoms with van der Waals surface area (Å²) >= 11 is 0. The van der Waals surface area contributed by atoms with Gasteiger partial charge in [-0.05, 0) is 122 Å². The van der Waals surface area contributed by atoms with Gasteiger partial charge in [-0.15, -0.1) is 0 Å². The Labute approximate surface area is 399 Å². The predicted molar refractivity (Wildman–Crippen MR) is 279 cm³/mol. The third-order valence-corrected chi connectivity index (χ3v) is 10.4. The van der Waals surface area contributed by atoms with Crippen molar-refractivity contribution >= 4 is 17.9 Å². The Morgan fingerprint density at radius 1 is 0.323 bits per heavy atom. The van der Waals surface area contributed by atoms with E-state index in [2.05, 4.69) is 142 Å². The summed E-state index contributed by atoms with van der Waals surface area (Å²) in [6.07, 6.45) is 71.8. The highest BCUT2D eigenvalue weighted by Crippen LogP contribution is 2.12. The van der Waals surface area contributed by atoms with Crippen LogP contribution in [0, 0.1) is 0 Å². The molecular formula is C59H94O6. The van der Waals surface area contributed by atoms with E-state index in [0.29, 0.717) is 12.8 Å². The number of rotatable bonds is 45. The second-order valence-electron chi connectivity index (χ2n) is 16.7. The van der Waals surface area contributed by atoms with Crippen LogP contribution in [0.1, 0.15) is 213 Å². The van der Waals surface area contributed by atoms with Crippen molar-refractivity contribution < 1.29 is 28.6 Å². The largest absolute Gasteiger partial charge is 0.462 e. The molecule has 6 nitrogen and oxygen atoms in total. The van der Waals surface area contributed by atoms with Crippen molar-refractivity contribution in [2.75, 3.05) is 13.2 Å². The third-order valence-electron chi connectivity index (χ3n) is 10.4. The highest BCUT2D eigenvalue weighted by molar-refractivity contribution is 5.71. The zero-order valence-electron chi connectivity index (χ0n) is 41.7. The van der Waals surface area contributed by atoms with E-state index < -0.39 is 6.10 Å². The summed E-state index contributed by atoms with van der Waals surface area (Å²) in [7, 11) is 0. The summed E-state index contributed by atoms with van der Waals surface area (Å²) in [6, 6.07) is 0. The van der Waals surface area contributed by atoms with Crippen LogP contribution in [-0.2, 0) is 28.6 Å². The molecule has 0 aliphatic carbocycles. The van der Waals surface area contributed by atoms with Gasteiger partial charge in [0.1, 0.15) is 13.2 Å². The molecule has 0 amide bonds. The van der Waals surface area contributed by atoms with Crippen molar-refractivity contribution in [3.63, 3.8) is 0 Å². The van der Waals surface area contributed by atoms with Crippen LogP contribution < -0.4 is 0 Å². The summed E-state index contributed by atoms with van der Waals surface area (Å²) in [5, 5.41) is 0. The molecule has 0 aromatic rings. The molecule has 0 aromatic carbocycles. The summed E-state index contributed by atoms with van der Waals surface area (Å²) in [5.74, 6) is -1.01. The first-order chi connectivity index (χ1) is 32.0. The fourth-order valence-electron chi connectivity index (χ4n) is 6.58. The lowest BCUT2D eigenvalue weighted by Crippen LogP contribution is -2.30. The Bertz CT molecular complexity index is 1400. The molecule has 0 unspecified atom stereocenters. The van der Waals surface area contributed by atoms with Crippen molar-refractivity contribution in [3.8, 4) is 0 Å². The molecule has 0 fully saturated rings. The molecule has 0 radical (unpaired) electrons.